The molecule has 1 amide bonds. The number of thiazole rings is 1. The number of Topliss-reactive ketones (excluding diaryl/α,β-unsaturated/α-hetero) is 1. The number of halogens is 1. The van der Waals surface area contributed by atoms with Gasteiger partial charge in [-0.25, -0.2) is 9.97 Å². The van der Waals surface area contributed by atoms with E-state index in [9.17, 15) is 19.2 Å². The van der Waals surface area contributed by atoms with Crippen LogP contribution in [0.5, 0.6) is 11.5 Å². The number of ether oxygens (including phenoxy) is 5. The maximum absolute atomic E-state index is 14.9. The van der Waals surface area contributed by atoms with E-state index in [-0.39, 0.29) is 73.3 Å². The molecule has 3 saturated carbocycles. The van der Waals surface area contributed by atoms with Crippen LogP contribution < -0.4 is 14.8 Å². The molecule has 7 rings (SSSR count). The van der Waals surface area contributed by atoms with E-state index in [0.717, 1.165) is 24.4 Å². The van der Waals surface area contributed by atoms with Crippen LogP contribution in [0.1, 0.15) is 99.8 Å². The van der Waals surface area contributed by atoms with Crippen molar-refractivity contribution in [3.63, 3.8) is 0 Å². The number of pyridine rings is 1. The standard InChI is InChI=1S/C46H61ClN4O9S/c1-10-28-19-46(28,43(55)57-9)20-36(52)35-16-30(21-51(35)42(54)32(45(5,6)7)17-39(53)60-29-14-26-13-27(26)15-29)59-38-18-33(34-23-61-44(50-34)48-24(2)3)49-41-31(38)11-12-37(40(41)47)58-22-25(4)56-8/h11-12,18,23-30,32,35H,10,13-17,19-22H2,1-9H3,(H,48,50)/t25?,26-,27+,28-,29?,30-,32-,35?,46-/m1/s1. The van der Waals surface area contributed by atoms with Gasteiger partial charge in [0.15, 0.2) is 10.9 Å². The molecular formula is C46H61ClN4O9S. The summed E-state index contributed by atoms with van der Waals surface area (Å²) in [6, 6.07) is 4.68. The molecule has 1 aliphatic heterocycles. The SMILES string of the molecule is CC[C@@H]1C[C@]1(CC(=O)C1C[C@@H](Oc2cc(-c3csc(NC(C)C)n3)nc3c(Cl)c(OCC(C)OC)ccc23)CN1C(=O)[C@@H](CC(=O)OC1C[C@@H]2C[C@@H]2C1)C(C)(C)C)C(=O)OC. The Balaban J connectivity index is 1.21. The highest BCUT2D eigenvalue weighted by Gasteiger charge is 2.62. The number of rotatable bonds is 18. The molecule has 0 bridgehead atoms. The lowest BCUT2D eigenvalue weighted by Gasteiger charge is -2.35. The number of benzene rings is 1. The highest BCUT2D eigenvalue weighted by molar-refractivity contribution is 7.14. The van der Waals surface area contributed by atoms with E-state index in [4.69, 9.17) is 45.3 Å². The summed E-state index contributed by atoms with van der Waals surface area (Å²) in [6.45, 7) is 14.1. The van der Waals surface area contributed by atoms with Gasteiger partial charge < -0.3 is 33.9 Å². The lowest BCUT2D eigenvalue weighted by atomic mass is 9.77. The van der Waals surface area contributed by atoms with Gasteiger partial charge in [-0.15, -0.1) is 11.3 Å². The largest absolute Gasteiger partial charge is 0.489 e. The number of carbonyl (C=O) groups is 4. The number of hydrogen-bond donors (Lipinski definition) is 1. The van der Waals surface area contributed by atoms with Crippen molar-refractivity contribution in [2.45, 2.75) is 130 Å². The topological polar surface area (TPSA) is 155 Å². The summed E-state index contributed by atoms with van der Waals surface area (Å²) < 4.78 is 29.4. The van der Waals surface area contributed by atoms with Crippen molar-refractivity contribution in [3.8, 4) is 22.9 Å². The zero-order valence-electron chi connectivity index (χ0n) is 36.9. The number of aromatic nitrogens is 2. The van der Waals surface area contributed by atoms with Gasteiger partial charge in [0.2, 0.25) is 5.91 Å². The quantitative estimate of drug-likeness (QED) is 0.122. The normalized spacial score (nSPS) is 26.4. The highest BCUT2D eigenvalue weighted by Crippen LogP contribution is 2.58. The van der Waals surface area contributed by atoms with Crippen LogP contribution in [0.15, 0.2) is 23.6 Å². The Labute approximate surface area is 367 Å². The summed E-state index contributed by atoms with van der Waals surface area (Å²) in [5, 5.41) is 6.89. The van der Waals surface area contributed by atoms with Gasteiger partial charge in [-0.05, 0) is 81.8 Å². The number of hydrogen-bond acceptors (Lipinski definition) is 13. The van der Waals surface area contributed by atoms with Crippen molar-refractivity contribution in [2.75, 3.05) is 32.7 Å². The summed E-state index contributed by atoms with van der Waals surface area (Å²) in [5.41, 5.74) is 0.00978. The Morgan fingerprint density at radius 1 is 1.00 bits per heavy atom. The van der Waals surface area contributed by atoms with Gasteiger partial charge in [-0.1, -0.05) is 45.7 Å². The Morgan fingerprint density at radius 3 is 2.38 bits per heavy atom. The number of amides is 1. The minimum Gasteiger partial charge on any atom is -0.489 e. The summed E-state index contributed by atoms with van der Waals surface area (Å²) in [5.74, 6) is 0.0492. The molecule has 3 aliphatic carbocycles. The van der Waals surface area contributed by atoms with E-state index in [1.54, 1.807) is 18.1 Å². The van der Waals surface area contributed by atoms with Crippen molar-refractivity contribution in [1.29, 1.82) is 0 Å². The summed E-state index contributed by atoms with van der Waals surface area (Å²) in [6.07, 6.45) is 3.33. The van der Waals surface area contributed by atoms with E-state index < -0.39 is 40.8 Å². The monoisotopic (exact) mass is 880 g/mol. The van der Waals surface area contributed by atoms with Gasteiger partial charge in [-0.3, -0.25) is 19.2 Å². The molecule has 4 aliphatic rings. The van der Waals surface area contributed by atoms with E-state index in [0.29, 0.717) is 52.0 Å². The van der Waals surface area contributed by atoms with E-state index in [1.807, 2.05) is 66.0 Å². The molecule has 1 saturated heterocycles. The highest BCUT2D eigenvalue weighted by atomic mass is 35.5. The molecule has 13 nitrogen and oxygen atoms in total. The predicted molar refractivity (Wildman–Crippen MR) is 234 cm³/mol. The van der Waals surface area contributed by atoms with Gasteiger partial charge in [0, 0.05) is 42.8 Å². The number of likely N-dealkylation sites (tertiary alicyclic amines) is 1. The van der Waals surface area contributed by atoms with Crippen LogP contribution in [0.25, 0.3) is 22.3 Å². The van der Waals surface area contributed by atoms with Crippen LogP contribution in [0.2, 0.25) is 5.02 Å². The summed E-state index contributed by atoms with van der Waals surface area (Å²) >= 11 is 8.50. The molecule has 3 heterocycles. The van der Waals surface area contributed by atoms with Crippen LogP contribution in [0.3, 0.4) is 0 Å². The second kappa shape index (κ2) is 18.0. The first kappa shape index (κ1) is 45.0. The molecule has 15 heteroatoms. The van der Waals surface area contributed by atoms with Crippen LogP contribution in [0, 0.1) is 34.5 Å². The molecule has 0 spiro atoms. The summed E-state index contributed by atoms with van der Waals surface area (Å²) in [7, 11) is 2.96. The molecule has 3 aromatic rings. The van der Waals surface area contributed by atoms with Crippen LogP contribution >= 0.6 is 22.9 Å². The van der Waals surface area contributed by atoms with Crippen molar-refractivity contribution < 1.29 is 42.9 Å². The molecule has 1 aromatic carbocycles. The second-order valence-electron chi connectivity index (χ2n) is 19.0. The van der Waals surface area contributed by atoms with Gasteiger partial charge in [0.25, 0.3) is 0 Å². The molecule has 9 atom stereocenters. The first-order valence-corrected chi connectivity index (χ1v) is 23.0. The number of ketones is 1. The maximum Gasteiger partial charge on any atom is 0.312 e. The van der Waals surface area contributed by atoms with Crippen molar-refractivity contribution >= 4 is 62.6 Å². The maximum atomic E-state index is 14.9. The Hall–Kier alpha value is -4.01. The lowest BCUT2D eigenvalue weighted by Crippen LogP contribution is -2.48. The molecule has 2 aromatic heterocycles. The van der Waals surface area contributed by atoms with Crippen LogP contribution in [-0.2, 0) is 33.4 Å². The van der Waals surface area contributed by atoms with E-state index in [2.05, 4.69) is 5.32 Å². The van der Waals surface area contributed by atoms with Gasteiger partial charge >= 0.3 is 11.9 Å². The number of nitrogens with zero attached hydrogens (tertiary/aromatic N) is 3. The van der Waals surface area contributed by atoms with Crippen molar-refractivity contribution in [1.82, 2.24) is 14.9 Å². The summed E-state index contributed by atoms with van der Waals surface area (Å²) in [4.78, 5) is 67.5. The fourth-order valence-electron chi connectivity index (χ4n) is 9.35. The van der Waals surface area contributed by atoms with Gasteiger partial charge in [0.1, 0.15) is 41.0 Å². The third-order valence-corrected chi connectivity index (χ3v) is 14.3. The third kappa shape index (κ3) is 9.81. The smallest absolute Gasteiger partial charge is 0.312 e. The predicted octanol–water partition coefficient (Wildman–Crippen LogP) is 8.54. The fraction of sp³-hybridized carbons (Fsp3) is 0.652. The van der Waals surface area contributed by atoms with E-state index in [1.165, 1.54) is 24.9 Å². The van der Waals surface area contributed by atoms with Gasteiger partial charge in [0.05, 0.1) is 54.8 Å². The zero-order valence-corrected chi connectivity index (χ0v) is 38.5. The Morgan fingerprint density at radius 2 is 1.74 bits per heavy atom. The minimum atomic E-state index is -0.923. The molecular weight excluding hydrogens is 820 g/mol. The number of methoxy groups -OCH3 is 2. The number of esters is 2. The molecule has 4 fully saturated rings. The number of fused-ring (bicyclic) bond motifs is 2. The molecule has 3 unspecified atom stereocenters. The first-order valence-electron chi connectivity index (χ1n) is 21.7. The van der Waals surface area contributed by atoms with Crippen molar-refractivity contribution in [2.24, 2.45) is 34.5 Å². The fourth-order valence-corrected chi connectivity index (χ4v) is 10.5. The number of anilines is 1. The number of carbonyl (C=O) groups excluding carboxylic acids is 4. The number of nitrogens with one attached hydrogen (secondary N) is 1. The zero-order chi connectivity index (χ0) is 44.0. The third-order valence-electron chi connectivity index (χ3n) is 13.1. The minimum absolute atomic E-state index is 0.0140. The Bertz CT molecular complexity index is 2130. The molecule has 332 valence electrons. The molecule has 0 radical (unpaired) electrons. The van der Waals surface area contributed by atoms with E-state index >= 15 is 0 Å². The average Bonchev–Trinajstić information content (AvgIpc) is 3.88. The van der Waals surface area contributed by atoms with Crippen molar-refractivity contribution in [3.05, 3.63) is 28.6 Å². The first-order chi connectivity index (χ1) is 28.9. The molecule has 61 heavy (non-hydrogen) atoms. The second-order valence-corrected chi connectivity index (χ2v) is 20.3. The van der Waals surface area contributed by atoms with Crippen LogP contribution in [-0.4, -0.2) is 96.3 Å². The Kier molecular flexibility index (Phi) is 13.3. The van der Waals surface area contributed by atoms with Gasteiger partial charge in [-0.2, -0.15) is 0 Å². The average molecular weight is 882 g/mol. The molecule has 1 N–H and O–H groups in total. The van der Waals surface area contributed by atoms with Crippen LogP contribution in [0.4, 0.5) is 5.13 Å². The lowest BCUT2D eigenvalue weighted by molar-refractivity contribution is -0.157.